The quantitative estimate of drug-likeness (QED) is 0.797. The third-order valence-electron chi connectivity index (χ3n) is 1.96. The number of hydrogen-bond donors (Lipinski definition) is 0. The number of benzene rings is 1. The molecule has 0 N–H and O–H groups in total. The van der Waals surface area contributed by atoms with Gasteiger partial charge in [-0.05, 0) is 13.0 Å². The summed E-state index contributed by atoms with van der Waals surface area (Å²) < 4.78 is 0.965. The number of thiazole rings is 1. The van der Waals surface area contributed by atoms with E-state index in [4.69, 9.17) is 5.26 Å². The smallest absolute Gasteiger partial charge is 0.132 e. The second-order valence-corrected chi connectivity index (χ2v) is 5.06. The number of halogens is 1. The van der Waals surface area contributed by atoms with Crippen LogP contribution in [0.3, 0.4) is 0 Å². The highest BCUT2D eigenvalue weighted by molar-refractivity contribution is 9.10. The zero-order valence-corrected chi connectivity index (χ0v) is 10.4. The maximum atomic E-state index is 8.99. The molecule has 1 aromatic heterocycles. The van der Waals surface area contributed by atoms with Gasteiger partial charge in [0.2, 0.25) is 0 Å². The minimum Gasteiger partial charge on any atom is -0.240 e. The van der Waals surface area contributed by atoms with E-state index in [1.807, 2.05) is 31.2 Å². The SMILES string of the molecule is Cc1nc(-c2ccccc2Br)c(C#N)s1. The minimum atomic E-state index is 0.666. The molecule has 2 aromatic rings. The fraction of sp³-hybridized carbons (Fsp3) is 0.0909. The normalized spacial score (nSPS) is 9.93. The van der Waals surface area contributed by atoms with Crippen molar-refractivity contribution in [1.82, 2.24) is 4.98 Å². The van der Waals surface area contributed by atoms with Crippen molar-refractivity contribution in [2.24, 2.45) is 0 Å². The van der Waals surface area contributed by atoms with Crippen LogP contribution >= 0.6 is 27.3 Å². The molecule has 2 rings (SSSR count). The predicted octanol–water partition coefficient (Wildman–Crippen LogP) is 3.75. The summed E-state index contributed by atoms with van der Waals surface area (Å²) in [7, 11) is 0. The molecule has 0 spiro atoms. The lowest BCUT2D eigenvalue weighted by Crippen LogP contribution is -1.82. The van der Waals surface area contributed by atoms with Crippen molar-refractivity contribution < 1.29 is 0 Å². The van der Waals surface area contributed by atoms with Gasteiger partial charge in [-0.25, -0.2) is 4.98 Å². The molecule has 15 heavy (non-hydrogen) atoms. The molecule has 4 heteroatoms. The zero-order valence-electron chi connectivity index (χ0n) is 7.99. The molecule has 0 aliphatic carbocycles. The standard InChI is InChI=1S/C11H7BrN2S/c1-7-14-11(10(6-13)15-7)8-4-2-3-5-9(8)12/h2-5H,1H3. The molecule has 2 nitrogen and oxygen atoms in total. The van der Waals surface area contributed by atoms with E-state index in [2.05, 4.69) is 27.0 Å². The highest BCUT2D eigenvalue weighted by Crippen LogP contribution is 2.32. The van der Waals surface area contributed by atoms with Gasteiger partial charge < -0.3 is 0 Å². The van der Waals surface area contributed by atoms with Gasteiger partial charge in [0, 0.05) is 10.0 Å². The van der Waals surface area contributed by atoms with Crippen molar-refractivity contribution in [1.29, 1.82) is 5.26 Å². The van der Waals surface area contributed by atoms with Crippen molar-refractivity contribution in [2.45, 2.75) is 6.92 Å². The number of rotatable bonds is 1. The molecule has 0 saturated heterocycles. The fourth-order valence-corrected chi connectivity index (χ4v) is 2.54. The van der Waals surface area contributed by atoms with Gasteiger partial charge in [-0.1, -0.05) is 34.1 Å². The molecular weight excluding hydrogens is 272 g/mol. The topological polar surface area (TPSA) is 36.7 Å². The van der Waals surface area contributed by atoms with Crippen molar-refractivity contribution in [3.63, 3.8) is 0 Å². The van der Waals surface area contributed by atoms with Gasteiger partial charge in [0.1, 0.15) is 16.6 Å². The van der Waals surface area contributed by atoms with Crippen LogP contribution in [0.5, 0.6) is 0 Å². The van der Waals surface area contributed by atoms with E-state index in [0.717, 1.165) is 20.7 Å². The average molecular weight is 279 g/mol. The van der Waals surface area contributed by atoms with Gasteiger partial charge in [-0.3, -0.25) is 0 Å². The Morgan fingerprint density at radius 1 is 1.40 bits per heavy atom. The zero-order chi connectivity index (χ0) is 10.8. The van der Waals surface area contributed by atoms with Crippen LogP contribution in [0.1, 0.15) is 9.88 Å². The van der Waals surface area contributed by atoms with E-state index in [9.17, 15) is 0 Å². The fourth-order valence-electron chi connectivity index (χ4n) is 1.34. The Labute approximate surface area is 100 Å². The number of nitrogens with zero attached hydrogens (tertiary/aromatic N) is 2. The Morgan fingerprint density at radius 2 is 2.13 bits per heavy atom. The first-order valence-corrected chi connectivity index (χ1v) is 5.95. The molecule has 0 atom stereocenters. The summed E-state index contributed by atoms with van der Waals surface area (Å²) >= 11 is 4.89. The Kier molecular flexibility index (Phi) is 2.85. The van der Waals surface area contributed by atoms with Crippen LogP contribution in [-0.4, -0.2) is 4.98 Å². The summed E-state index contributed by atoms with van der Waals surface area (Å²) in [5.41, 5.74) is 1.74. The first-order valence-electron chi connectivity index (χ1n) is 4.35. The summed E-state index contributed by atoms with van der Waals surface area (Å²) in [6.07, 6.45) is 0. The summed E-state index contributed by atoms with van der Waals surface area (Å²) in [6.45, 7) is 1.91. The number of hydrogen-bond acceptors (Lipinski definition) is 3. The highest BCUT2D eigenvalue weighted by atomic mass is 79.9. The van der Waals surface area contributed by atoms with Crippen molar-refractivity contribution in [3.05, 3.63) is 38.6 Å². The maximum absolute atomic E-state index is 8.99. The first kappa shape index (κ1) is 10.3. The van der Waals surface area contributed by atoms with Crippen LogP contribution in [0.2, 0.25) is 0 Å². The predicted molar refractivity (Wildman–Crippen MR) is 64.7 cm³/mol. The lowest BCUT2D eigenvalue weighted by Gasteiger charge is -1.99. The molecule has 0 saturated carbocycles. The summed E-state index contributed by atoms with van der Waals surface area (Å²) in [5, 5.41) is 9.90. The van der Waals surface area contributed by atoms with Crippen molar-refractivity contribution in [3.8, 4) is 17.3 Å². The van der Waals surface area contributed by atoms with E-state index in [1.54, 1.807) is 0 Å². The first-order chi connectivity index (χ1) is 7.22. The molecule has 1 heterocycles. The van der Waals surface area contributed by atoms with Crippen LogP contribution in [0, 0.1) is 18.3 Å². The summed E-state index contributed by atoms with van der Waals surface area (Å²) in [4.78, 5) is 5.04. The van der Waals surface area contributed by atoms with Gasteiger partial charge >= 0.3 is 0 Å². The van der Waals surface area contributed by atoms with Gasteiger partial charge in [-0.15, -0.1) is 11.3 Å². The van der Waals surface area contributed by atoms with Crippen molar-refractivity contribution >= 4 is 27.3 Å². The summed E-state index contributed by atoms with van der Waals surface area (Å²) in [5.74, 6) is 0. The Morgan fingerprint density at radius 3 is 2.80 bits per heavy atom. The van der Waals surface area contributed by atoms with Crippen molar-refractivity contribution in [2.75, 3.05) is 0 Å². The molecular formula is C11H7BrN2S. The lowest BCUT2D eigenvalue weighted by atomic mass is 10.1. The summed E-state index contributed by atoms with van der Waals surface area (Å²) in [6, 6.07) is 9.97. The molecule has 0 fully saturated rings. The monoisotopic (exact) mass is 278 g/mol. The molecule has 0 amide bonds. The van der Waals surface area contributed by atoms with E-state index in [1.165, 1.54) is 11.3 Å². The van der Waals surface area contributed by atoms with Crippen LogP contribution in [-0.2, 0) is 0 Å². The van der Waals surface area contributed by atoms with E-state index >= 15 is 0 Å². The highest BCUT2D eigenvalue weighted by Gasteiger charge is 2.12. The minimum absolute atomic E-state index is 0.666. The Balaban J connectivity index is 2.65. The maximum Gasteiger partial charge on any atom is 0.132 e. The van der Waals surface area contributed by atoms with Gasteiger partial charge in [0.25, 0.3) is 0 Å². The average Bonchev–Trinajstić information content (AvgIpc) is 2.60. The third kappa shape index (κ3) is 1.94. The molecule has 0 aliphatic rings. The van der Waals surface area contributed by atoms with Crippen LogP contribution in [0.25, 0.3) is 11.3 Å². The number of aromatic nitrogens is 1. The second-order valence-electron chi connectivity index (χ2n) is 3.00. The van der Waals surface area contributed by atoms with Gasteiger partial charge in [-0.2, -0.15) is 5.26 Å². The largest absolute Gasteiger partial charge is 0.240 e. The molecule has 0 bridgehead atoms. The number of aryl methyl sites for hydroxylation is 1. The molecule has 0 unspecified atom stereocenters. The third-order valence-corrected chi connectivity index (χ3v) is 3.53. The lowest BCUT2D eigenvalue weighted by molar-refractivity contribution is 1.29. The van der Waals surface area contributed by atoms with Crippen LogP contribution < -0.4 is 0 Å². The van der Waals surface area contributed by atoms with E-state index in [-0.39, 0.29) is 0 Å². The van der Waals surface area contributed by atoms with Gasteiger partial charge in [0.15, 0.2) is 0 Å². The van der Waals surface area contributed by atoms with Crippen LogP contribution in [0.4, 0.5) is 0 Å². The van der Waals surface area contributed by atoms with E-state index < -0.39 is 0 Å². The Hall–Kier alpha value is -1.18. The number of nitriles is 1. The van der Waals surface area contributed by atoms with E-state index in [0.29, 0.717) is 4.88 Å². The second kappa shape index (κ2) is 4.13. The molecule has 0 aliphatic heterocycles. The molecule has 74 valence electrons. The molecule has 1 aromatic carbocycles. The Bertz CT molecular complexity index is 540. The van der Waals surface area contributed by atoms with Crippen LogP contribution in [0.15, 0.2) is 28.7 Å². The van der Waals surface area contributed by atoms with Gasteiger partial charge in [0.05, 0.1) is 5.01 Å². The molecule has 0 radical (unpaired) electrons.